The van der Waals surface area contributed by atoms with Crippen LogP contribution in [0.4, 0.5) is 11.6 Å². The van der Waals surface area contributed by atoms with Gasteiger partial charge in [-0.3, -0.25) is 0 Å². The first-order chi connectivity index (χ1) is 9.26. The molecular weight excluding hydrogens is 242 g/mol. The number of hydrogen-bond acceptors (Lipinski definition) is 6. The van der Waals surface area contributed by atoms with Gasteiger partial charge in [0.05, 0.1) is 7.11 Å². The zero-order valence-corrected chi connectivity index (χ0v) is 12.0. The number of piperazine rings is 1. The van der Waals surface area contributed by atoms with E-state index in [1.165, 1.54) is 0 Å². The smallest absolute Gasteiger partial charge is 0.204 e. The van der Waals surface area contributed by atoms with E-state index in [2.05, 4.69) is 39.1 Å². The summed E-state index contributed by atoms with van der Waals surface area (Å²) in [7, 11) is 3.82. The number of nitrogens with zero attached hydrogens (tertiary/aromatic N) is 4. The molecule has 1 aromatic heterocycles. The van der Waals surface area contributed by atoms with Crippen LogP contribution in [0.2, 0.25) is 0 Å². The van der Waals surface area contributed by atoms with Crippen LogP contribution in [-0.4, -0.2) is 61.7 Å². The lowest BCUT2D eigenvalue weighted by molar-refractivity contribution is 0.310. The van der Waals surface area contributed by atoms with Gasteiger partial charge in [-0.25, -0.2) is 9.97 Å². The molecule has 6 heteroatoms. The highest BCUT2D eigenvalue weighted by atomic mass is 16.5. The molecule has 0 aromatic carbocycles. The number of nitrogens with one attached hydrogen (secondary N) is 1. The highest BCUT2D eigenvalue weighted by Gasteiger charge is 2.21. The van der Waals surface area contributed by atoms with Gasteiger partial charge in [-0.2, -0.15) is 0 Å². The van der Waals surface area contributed by atoms with Gasteiger partial charge in [0.25, 0.3) is 0 Å². The lowest BCUT2D eigenvalue weighted by Gasteiger charge is -2.33. The maximum atomic E-state index is 5.51. The second-order valence-corrected chi connectivity index (χ2v) is 4.80. The summed E-state index contributed by atoms with van der Waals surface area (Å²) in [6, 6.07) is 0. The molecule has 1 aromatic rings. The van der Waals surface area contributed by atoms with E-state index in [1.54, 1.807) is 13.4 Å². The number of hydrogen-bond donors (Lipinski definition) is 1. The first-order valence-corrected chi connectivity index (χ1v) is 6.82. The minimum absolute atomic E-state index is 0.750. The minimum Gasteiger partial charge on any atom is -0.490 e. The summed E-state index contributed by atoms with van der Waals surface area (Å²) in [5, 5.41) is 3.29. The quantitative estimate of drug-likeness (QED) is 0.859. The van der Waals surface area contributed by atoms with Gasteiger partial charge in [0, 0.05) is 32.7 Å². The standard InChI is InChI=1S/C13H23N5O/c1-4-5-14-12-11(19-3)13(16-10-15-12)18-8-6-17(2)7-9-18/h10H,4-9H2,1-3H3,(H,14,15,16). The van der Waals surface area contributed by atoms with Crippen LogP contribution in [0.15, 0.2) is 6.33 Å². The van der Waals surface area contributed by atoms with E-state index in [9.17, 15) is 0 Å². The van der Waals surface area contributed by atoms with E-state index in [0.717, 1.165) is 56.5 Å². The molecule has 0 spiro atoms. The molecule has 0 unspecified atom stereocenters. The Morgan fingerprint density at radius 3 is 2.63 bits per heavy atom. The highest BCUT2D eigenvalue weighted by molar-refractivity contribution is 5.64. The number of rotatable bonds is 5. The van der Waals surface area contributed by atoms with Gasteiger partial charge >= 0.3 is 0 Å². The molecule has 2 heterocycles. The van der Waals surface area contributed by atoms with Gasteiger partial charge in [-0.1, -0.05) is 6.92 Å². The summed E-state index contributed by atoms with van der Waals surface area (Å²) in [5.41, 5.74) is 0. The second-order valence-electron chi connectivity index (χ2n) is 4.80. The minimum atomic E-state index is 0.750. The van der Waals surface area contributed by atoms with Gasteiger partial charge in [-0.05, 0) is 13.5 Å². The molecule has 0 atom stereocenters. The molecule has 0 bridgehead atoms. The number of ether oxygens (including phenoxy) is 1. The lowest BCUT2D eigenvalue weighted by atomic mass is 10.3. The topological polar surface area (TPSA) is 53.5 Å². The first kappa shape index (κ1) is 13.9. The van der Waals surface area contributed by atoms with Crippen molar-refractivity contribution in [2.24, 2.45) is 0 Å². The Labute approximate surface area is 114 Å². The largest absolute Gasteiger partial charge is 0.490 e. The van der Waals surface area contributed by atoms with Gasteiger partial charge in [-0.15, -0.1) is 0 Å². The van der Waals surface area contributed by atoms with E-state index in [0.29, 0.717) is 0 Å². The monoisotopic (exact) mass is 265 g/mol. The van der Waals surface area contributed by atoms with Crippen molar-refractivity contribution >= 4 is 11.6 Å². The van der Waals surface area contributed by atoms with Crippen molar-refractivity contribution in [3.63, 3.8) is 0 Å². The summed E-state index contributed by atoms with van der Waals surface area (Å²) in [5.74, 6) is 2.43. The molecule has 0 amide bonds. The summed E-state index contributed by atoms with van der Waals surface area (Å²) in [4.78, 5) is 13.3. The molecule has 1 aliphatic heterocycles. The highest BCUT2D eigenvalue weighted by Crippen LogP contribution is 2.32. The molecule has 1 saturated heterocycles. The third kappa shape index (κ3) is 3.26. The molecule has 106 valence electrons. The molecule has 6 nitrogen and oxygen atoms in total. The van der Waals surface area contributed by atoms with Crippen molar-refractivity contribution < 1.29 is 4.74 Å². The SMILES string of the molecule is CCCNc1ncnc(N2CCN(C)CC2)c1OC. The third-order valence-corrected chi connectivity index (χ3v) is 3.33. The van der Waals surface area contributed by atoms with Gasteiger partial charge in [0.1, 0.15) is 6.33 Å². The average molecular weight is 265 g/mol. The van der Waals surface area contributed by atoms with Crippen LogP contribution >= 0.6 is 0 Å². The number of aromatic nitrogens is 2. The predicted octanol–water partition coefficient (Wildman–Crippen LogP) is 1.06. The summed E-state index contributed by atoms with van der Waals surface area (Å²) >= 11 is 0. The van der Waals surface area contributed by atoms with E-state index >= 15 is 0 Å². The van der Waals surface area contributed by atoms with Crippen LogP contribution < -0.4 is 15.0 Å². The molecule has 19 heavy (non-hydrogen) atoms. The fourth-order valence-corrected chi connectivity index (χ4v) is 2.17. The normalized spacial score (nSPS) is 16.5. The number of methoxy groups -OCH3 is 1. The lowest BCUT2D eigenvalue weighted by Crippen LogP contribution is -2.45. The number of anilines is 2. The zero-order chi connectivity index (χ0) is 13.7. The Hall–Kier alpha value is -1.56. The molecule has 0 saturated carbocycles. The van der Waals surface area contributed by atoms with Gasteiger partial charge < -0.3 is 19.9 Å². The second kappa shape index (κ2) is 6.56. The summed E-state index contributed by atoms with van der Waals surface area (Å²) in [6.07, 6.45) is 2.66. The Bertz CT molecular complexity index is 404. The molecular formula is C13H23N5O. The fraction of sp³-hybridized carbons (Fsp3) is 0.692. The van der Waals surface area contributed by atoms with Gasteiger partial charge in [0.15, 0.2) is 11.6 Å². The van der Waals surface area contributed by atoms with Crippen LogP contribution in [0.3, 0.4) is 0 Å². The summed E-state index contributed by atoms with van der Waals surface area (Å²) in [6.45, 7) is 7.04. The van der Waals surface area contributed by atoms with Crippen molar-refractivity contribution in [1.82, 2.24) is 14.9 Å². The summed E-state index contributed by atoms with van der Waals surface area (Å²) < 4.78 is 5.51. The number of likely N-dealkylation sites (N-methyl/N-ethyl adjacent to an activating group) is 1. The Balaban J connectivity index is 2.19. The Kier molecular flexibility index (Phi) is 4.79. The molecule has 0 radical (unpaired) electrons. The van der Waals surface area contributed by atoms with Crippen molar-refractivity contribution in [2.75, 3.05) is 57.1 Å². The van der Waals surface area contributed by atoms with E-state index in [4.69, 9.17) is 4.74 Å². The predicted molar refractivity (Wildman–Crippen MR) is 77.1 cm³/mol. The maximum absolute atomic E-state index is 5.51. The van der Waals surface area contributed by atoms with Crippen LogP contribution in [-0.2, 0) is 0 Å². The maximum Gasteiger partial charge on any atom is 0.204 e. The van der Waals surface area contributed by atoms with Crippen LogP contribution in [0, 0.1) is 0 Å². The van der Waals surface area contributed by atoms with Crippen LogP contribution in [0.1, 0.15) is 13.3 Å². The van der Waals surface area contributed by atoms with Crippen LogP contribution in [0.25, 0.3) is 0 Å². The van der Waals surface area contributed by atoms with Crippen molar-refractivity contribution in [3.05, 3.63) is 6.33 Å². The van der Waals surface area contributed by atoms with Crippen molar-refractivity contribution in [2.45, 2.75) is 13.3 Å². The van der Waals surface area contributed by atoms with Crippen molar-refractivity contribution in [3.8, 4) is 5.75 Å². The molecule has 1 aliphatic rings. The molecule has 1 fully saturated rings. The van der Waals surface area contributed by atoms with E-state index in [-0.39, 0.29) is 0 Å². The van der Waals surface area contributed by atoms with Crippen molar-refractivity contribution in [1.29, 1.82) is 0 Å². The average Bonchev–Trinajstić information content (AvgIpc) is 2.45. The Morgan fingerprint density at radius 1 is 1.26 bits per heavy atom. The molecule has 1 N–H and O–H groups in total. The molecule has 0 aliphatic carbocycles. The molecule has 2 rings (SSSR count). The third-order valence-electron chi connectivity index (χ3n) is 3.33. The van der Waals surface area contributed by atoms with Crippen LogP contribution in [0.5, 0.6) is 5.75 Å². The van der Waals surface area contributed by atoms with E-state index < -0.39 is 0 Å². The van der Waals surface area contributed by atoms with Gasteiger partial charge in [0.2, 0.25) is 5.75 Å². The fourth-order valence-electron chi connectivity index (χ4n) is 2.17. The first-order valence-electron chi connectivity index (χ1n) is 6.82. The zero-order valence-electron chi connectivity index (χ0n) is 12.0. The Morgan fingerprint density at radius 2 is 2.00 bits per heavy atom. The van der Waals surface area contributed by atoms with E-state index in [1.807, 2.05) is 0 Å².